The Morgan fingerprint density at radius 3 is 2.56 bits per heavy atom. The Hall–Kier alpha value is -2.08. The SMILES string of the molecule is Cc1cccc(OCC(=O)N2CCCN(CC(=O)NC(C)(C)C)CC2)c1C. The van der Waals surface area contributed by atoms with Crippen LogP contribution in [0.4, 0.5) is 0 Å². The van der Waals surface area contributed by atoms with E-state index in [0.717, 1.165) is 29.8 Å². The smallest absolute Gasteiger partial charge is 0.260 e. The average molecular weight is 376 g/mol. The molecule has 2 rings (SSSR count). The van der Waals surface area contributed by atoms with Crippen molar-refractivity contribution in [1.82, 2.24) is 15.1 Å². The molecule has 2 amide bonds. The van der Waals surface area contributed by atoms with E-state index in [4.69, 9.17) is 4.74 Å². The fraction of sp³-hybridized carbons (Fsp3) is 0.619. The Labute approximate surface area is 162 Å². The normalized spacial score (nSPS) is 16.0. The molecule has 1 aromatic rings. The van der Waals surface area contributed by atoms with Crippen LogP contribution in [-0.4, -0.2) is 66.5 Å². The minimum Gasteiger partial charge on any atom is -0.483 e. The highest BCUT2D eigenvalue weighted by molar-refractivity contribution is 5.79. The monoisotopic (exact) mass is 375 g/mol. The number of nitrogens with zero attached hydrogens (tertiary/aromatic N) is 2. The van der Waals surface area contributed by atoms with Gasteiger partial charge in [0, 0.05) is 31.7 Å². The predicted octanol–water partition coefficient (Wildman–Crippen LogP) is 2.13. The summed E-state index contributed by atoms with van der Waals surface area (Å²) in [7, 11) is 0. The van der Waals surface area contributed by atoms with Crippen molar-refractivity contribution in [3.05, 3.63) is 29.3 Å². The second-order valence-electron chi connectivity index (χ2n) is 8.30. The molecule has 0 aromatic heterocycles. The molecule has 0 aliphatic carbocycles. The van der Waals surface area contributed by atoms with Crippen LogP contribution in [0.15, 0.2) is 18.2 Å². The standard InChI is InChI=1S/C21H33N3O3/c1-16-8-6-9-18(17(16)2)27-15-20(26)24-11-7-10-23(12-13-24)14-19(25)22-21(3,4)5/h6,8-9H,7,10-15H2,1-5H3,(H,22,25). The predicted molar refractivity (Wildman–Crippen MR) is 107 cm³/mol. The van der Waals surface area contributed by atoms with Gasteiger partial charge in [0.15, 0.2) is 6.61 Å². The third-order valence-electron chi connectivity index (χ3n) is 4.73. The number of ether oxygens (including phenoxy) is 1. The number of aryl methyl sites for hydroxylation is 1. The molecule has 1 aliphatic rings. The van der Waals surface area contributed by atoms with Crippen LogP contribution >= 0.6 is 0 Å². The Balaban J connectivity index is 1.82. The van der Waals surface area contributed by atoms with Gasteiger partial charge in [0.2, 0.25) is 5.91 Å². The third-order valence-corrected chi connectivity index (χ3v) is 4.73. The van der Waals surface area contributed by atoms with Crippen LogP contribution in [-0.2, 0) is 9.59 Å². The van der Waals surface area contributed by atoms with Crippen molar-refractivity contribution in [2.45, 2.75) is 46.6 Å². The Morgan fingerprint density at radius 1 is 1.11 bits per heavy atom. The van der Waals surface area contributed by atoms with Crippen molar-refractivity contribution < 1.29 is 14.3 Å². The van der Waals surface area contributed by atoms with Crippen LogP contribution in [0, 0.1) is 13.8 Å². The van der Waals surface area contributed by atoms with Gasteiger partial charge in [0.05, 0.1) is 6.54 Å². The zero-order chi connectivity index (χ0) is 20.0. The lowest BCUT2D eigenvalue weighted by Gasteiger charge is -2.25. The Bertz CT molecular complexity index is 667. The molecule has 0 saturated carbocycles. The van der Waals surface area contributed by atoms with Crippen molar-refractivity contribution in [2.75, 3.05) is 39.3 Å². The topological polar surface area (TPSA) is 61.9 Å². The third kappa shape index (κ3) is 6.86. The number of amides is 2. The average Bonchev–Trinajstić information content (AvgIpc) is 2.80. The molecule has 6 heteroatoms. The molecule has 1 aliphatic heterocycles. The summed E-state index contributed by atoms with van der Waals surface area (Å²) in [5.74, 6) is 0.788. The van der Waals surface area contributed by atoms with Crippen LogP contribution in [0.3, 0.4) is 0 Å². The summed E-state index contributed by atoms with van der Waals surface area (Å²) in [4.78, 5) is 28.6. The largest absolute Gasteiger partial charge is 0.483 e. The van der Waals surface area contributed by atoms with Crippen LogP contribution in [0.5, 0.6) is 5.75 Å². The number of carbonyl (C=O) groups is 2. The molecule has 0 unspecified atom stereocenters. The van der Waals surface area contributed by atoms with Crippen molar-refractivity contribution >= 4 is 11.8 Å². The van der Waals surface area contributed by atoms with Gasteiger partial charge in [-0.1, -0.05) is 12.1 Å². The number of hydrogen-bond acceptors (Lipinski definition) is 4. The van der Waals surface area contributed by atoms with Crippen molar-refractivity contribution in [2.24, 2.45) is 0 Å². The molecule has 150 valence electrons. The lowest BCUT2D eigenvalue weighted by molar-refractivity contribution is -0.133. The summed E-state index contributed by atoms with van der Waals surface area (Å²) in [6, 6.07) is 5.87. The van der Waals surface area contributed by atoms with Gasteiger partial charge in [-0.3, -0.25) is 14.5 Å². The zero-order valence-electron chi connectivity index (χ0n) is 17.3. The first-order valence-corrected chi connectivity index (χ1v) is 9.66. The van der Waals surface area contributed by atoms with E-state index < -0.39 is 0 Å². The first-order valence-electron chi connectivity index (χ1n) is 9.66. The van der Waals surface area contributed by atoms with Gasteiger partial charge < -0.3 is 15.0 Å². The van der Waals surface area contributed by atoms with E-state index in [2.05, 4.69) is 10.2 Å². The van der Waals surface area contributed by atoms with Crippen molar-refractivity contribution in [3.63, 3.8) is 0 Å². The minimum atomic E-state index is -0.226. The molecule has 1 N–H and O–H groups in total. The molecule has 0 atom stereocenters. The summed E-state index contributed by atoms with van der Waals surface area (Å²) < 4.78 is 5.75. The number of nitrogens with one attached hydrogen (secondary N) is 1. The zero-order valence-corrected chi connectivity index (χ0v) is 17.3. The first-order chi connectivity index (χ1) is 12.7. The maximum Gasteiger partial charge on any atom is 0.260 e. The summed E-state index contributed by atoms with van der Waals surface area (Å²) in [6.07, 6.45) is 0.859. The van der Waals surface area contributed by atoms with E-state index in [-0.39, 0.29) is 24.0 Å². The number of carbonyl (C=O) groups excluding carboxylic acids is 2. The van der Waals surface area contributed by atoms with Crippen LogP contribution < -0.4 is 10.1 Å². The number of benzene rings is 1. The first kappa shape index (κ1) is 21.2. The number of rotatable bonds is 5. The summed E-state index contributed by atoms with van der Waals surface area (Å²) in [5.41, 5.74) is 1.99. The molecule has 1 heterocycles. The summed E-state index contributed by atoms with van der Waals surface area (Å²) >= 11 is 0. The second-order valence-corrected chi connectivity index (χ2v) is 8.30. The molecule has 27 heavy (non-hydrogen) atoms. The van der Waals surface area contributed by atoms with Gasteiger partial charge >= 0.3 is 0 Å². The van der Waals surface area contributed by atoms with Gasteiger partial charge in [-0.25, -0.2) is 0 Å². The minimum absolute atomic E-state index is 0.00287. The lowest BCUT2D eigenvalue weighted by atomic mass is 10.1. The summed E-state index contributed by atoms with van der Waals surface area (Å²) in [5, 5.41) is 2.99. The highest BCUT2D eigenvalue weighted by Crippen LogP contribution is 2.20. The second kappa shape index (κ2) is 9.22. The van der Waals surface area contributed by atoms with E-state index in [1.54, 1.807) is 0 Å². The summed E-state index contributed by atoms with van der Waals surface area (Å²) in [6.45, 7) is 13.2. The Morgan fingerprint density at radius 2 is 1.85 bits per heavy atom. The van der Waals surface area contributed by atoms with E-state index in [1.165, 1.54) is 0 Å². The van der Waals surface area contributed by atoms with Gasteiger partial charge in [0.25, 0.3) is 5.91 Å². The molecule has 1 fully saturated rings. The highest BCUT2D eigenvalue weighted by Gasteiger charge is 2.22. The van der Waals surface area contributed by atoms with Gasteiger partial charge in [0.1, 0.15) is 5.75 Å². The van der Waals surface area contributed by atoms with Crippen LogP contribution in [0.25, 0.3) is 0 Å². The number of hydrogen-bond donors (Lipinski definition) is 1. The van der Waals surface area contributed by atoms with Crippen LogP contribution in [0.1, 0.15) is 38.3 Å². The molecular formula is C21H33N3O3. The Kier molecular flexibility index (Phi) is 7.25. The highest BCUT2D eigenvalue weighted by atomic mass is 16.5. The van der Waals surface area contributed by atoms with Crippen LogP contribution in [0.2, 0.25) is 0 Å². The van der Waals surface area contributed by atoms with Gasteiger partial charge in [-0.15, -0.1) is 0 Å². The fourth-order valence-electron chi connectivity index (χ4n) is 3.15. The van der Waals surface area contributed by atoms with Gasteiger partial charge in [-0.2, -0.15) is 0 Å². The lowest BCUT2D eigenvalue weighted by Crippen LogP contribution is -2.46. The van der Waals surface area contributed by atoms with E-state index in [0.29, 0.717) is 26.2 Å². The van der Waals surface area contributed by atoms with Crippen molar-refractivity contribution in [1.29, 1.82) is 0 Å². The van der Waals surface area contributed by atoms with E-state index in [1.807, 2.05) is 57.7 Å². The quantitative estimate of drug-likeness (QED) is 0.856. The molecular weight excluding hydrogens is 342 g/mol. The molecule has 1 aromatic carbocycles. The maximum atomic E-state index is 12.5. The molecule has 6 nitrogen and oxygen atoms in total. The molecule has 0 spiro atoms. The van der Waals surface area contributed by atoms with E-state index >= 15 is 0 Å². The fourth-order valence-corrected chi connectivity index (χ4v) is 3.15. The molecule has 0 radical (unpaired) electrons. The maximum absolute atomic E-state index is 12.5. The molecule has 1 saturated heterocycles. The van der Waals surface area contributed by atoms with Crippen molar-refractivity contribution in [3.8, 4) is 5.75 Å². The van der Waals surface area contributed by atoms with E-state index in [9.17, 15) is 9.59 Å². The molecule has 0 bridgehead atoms. The van der Waals surface area contributed by atoms with Gasteiger partial charge in [-0.05, 0) is 58.2 Å².